The quantitative estimate of drug-likeness (QED) is 0.380. The highest BCUT2D eigenvalue weighted by Gasteiger charge is 2.47. The first-order chi connectivity index (χ1) is 16.8. The molecule has 1 saturated heterocycles. The topological polar surface area (TPSA) is 85.6 Å². The van der Waals surface area contributed by atoms with Gasteiger partial charge in [0.05, 0.1) is 6.26 Å². The highest BCUT2D eigenvalue weighted by Crippen LogP contribution is 2.44. The van der Waals surface area contributed by atoms with Gasteiger partial charge in [0.2, 0.25) is 5.91 Å². The second-order valence-corrected chi connectivity index (χ2v) is 10.9. The average Bonchev–Trinajstić information content (AvgIpc) is 3.55. The molecule has 4 rings (SSSR count). The van der Waals surface area contributed by atoms with E-state index in [0.29, 0.717) is 32.2 Å². The summed E-state index contributed by atoms with van der Waals surface area (Å²) in [6.07, 6.45) is 8.58. The van der Waals surface area contributed by atoms with Gasteiger partial charge >= 0.3 is 5.97 Å². The van der Waals surface area contributed by atoms with Crippen LogP contribution < -0.4 is 5.32 Å². The number of Topliss-reactive ketones (excluding diaryl/α,β-unsaturated/α-hetero) is 1. The van der Waals surface area contributed by atoms with Gasteiger partial charge in [-0.2, -0.15) is 0 Å². The second kappa shape index (κ2) is 10.8. The van der Waals surface area contributed by atoms with Crippen LogP contribution in [-0.2, 0) is 37.4 Å². The van der Waals surface area contributed by atoms with Crippen LogP contribution in [-0.4, -0.2) is 29.8 Å². The number of benzene rings is 1. The Morgan fingerprint density at radius 1 is 1.11 bits per heavy atom. The SMILES string of the molecule is CC(C)(CNC(=O)CCc1ccco1)c1cccc(CCC2(C3CCCC3)CC(=O)CC(=O)O2)c1. The summed E-state index contributed by atoms with van der Waals surface area (Å²) in [4.78, 5) is 36.9. The number of esters is 1. The molecule has 1 aromatic heterocycles. The molecule has 1 unspecified atom stereocenters. The lowest BCUT2D eigenvalue weighted by Crippen LogP contribution is -2.48. The molecule has 2 heterocycles. The molecule has 1 amide bonds. The summed E-state index contributed by atoms with van der Waals surface area (Å²) in [5.74, 6) is 0.726. The number of ketones is 1. The minimum atomic E-state index is -0.656. The number of cyclic esters (lactones) is 1. The molecule has 0 bridgehead atoms. The molecule has 1 aliphatic carbocycles. The van der Waals surface area contributed by atoms with Gasteiger partial charge in [-0.15, -0.1) is 0 Å². The fourth-order valence-corrected chi connectivity index (χ4v) is 5.58. The molecule has 1 atom stereocenters. The molecule has 1 aliphatic heterocycles. The number of ether oxygens (including phenoxy) is 1. The lowest BCUT2D eigenvalue weighted by atomic mass is 9.75. The van der Waals surface area contributed by atoms with Crippen LogP contribution in [0.4, 0.5) is 0 Å². The maximum Gasteiger partial charge on any atom is 0.313 e. The Kier molecular flexibility index (Phi) is 7.78. The third-order valence-corrected chi connectivity index (χ3v) is 7.71. The maximum atomic E-state index is 12.4. The molecule has 6 heteroatoms. The van der Waals surface area contributed by atoms with E-state index < -0.39 is 5.60 Å². The van der Waals surface area contributed by atoms with Crippen molar-refractivity contribution in [2.45, 2.75) is 89.1 Å². The predicted octanol–water partition coefficient (Wildman–Crippen LogP) is 5.07. The van der Waals surface area contributed by atoms with Gasteiger partial charge in [-0.25, -0.2) is 0 Å². The van der Waals surface area contributed by atoms with Gasteiger partial charge in [-0.3, -0.25) is 14.4 Å². The van der Waals surface area contributed by atoms with Crippen molar-refractivity contribution in [3.05, 3.63) is 59.5 Å². The van der Waals surface area contributed by atoms with Crippen molar-refractivity contribution < 1.29 is 23.5 Å². The fourth-order valence-electron chi connectivity index (χ4n) is 5.58. The van der Waals surface area contributed by atoms with Crippen LogP contribution in [0.3, 0.4) is 0 Å². The lowest BCUT2D eigenvalue weighted by molar-refractivity contribution is -0.178. The molecular weight excluding hydrogens is 442 g/mol. The molecule has 188 valence electrons. The van der Waals surface area contributed by atoms with E-state index in [-0.39, 0.29) is 35.4 Å². The lowest BCUT2D eigenvalue weighted by Gasteiger charge is -2.41. The Labute approximate surface area is 207 Å². The maximum absolute atomic E-state index is 12.4. The van der Waals surface area contributed by atoms with Crippen LogP contribution in [0, 0.1) is 5.92 Å². The van der Waals surface area contributed by atoms with Gasteiger partial charge in [0, 0.05) is 31.2 Å². The first-order valence-electron chi connectivity index (χ1n) is 12.9. The molecule has 6 nitrogen and oxygen atoms in total. The molecule has 2 aliphatic rings. The largest absolute Gasteiger partial charge is 0.469 e. The van der Waals surface area contributed by atoms with Crippen LogP contribution in [0.1, 0.15) is 82.1 Å². The first-order valence-corrected chi connectivity index (χ1v) is 12.9. The van der Waals surface area contributed by atoms with E-state index in [2.05, 4.69) is 37.4 Å². The number of nitrogens with one attached hydrogen (secondary N) is 1. The third-order valence-electron chi connectivity index (χ3n) is 7.71. The van der Waals surface area contributed by atoms with Crippen molar-refractivity contribution in [1.29, 1.82) is 0 Å². The van der Waals surface area contributed by atoms with E-state index in [4.69, 9.17) is 9.15 Å². The summed E-state index contributed by atoms with van der Waals surface area (Å²) in [6, 6.07) is 12.1. The second-order valence-electron chi connectivity index (χ2n) is 10.9. The van der Waals surface area contributed by atoms with Gasteiger partial charge in [0.1, 0.15) is 23.6 Å². The minimum absolute atomic E-state index is 0.00539. The van der Waals surface area contributed by atoms with Crippen LogP contribution in [0.2, 0.25) is 0 Å². The molecule has 1 N–H and O–H groups in total. The number of hydrogen-bond acceptors (Lipinski definition) is 5. The summed E-state index contributed by atoms with van der Waals surface area (Å²) in [7, 11) is 0. The van der Waals surface area contributed by atoms with Crippen LogP contribution in [0.15, 0.2) is 47.1 Å². The smallest absolute Gasteiger partial charge is 0.313 e. The number of hydrogen-bond donors (Lipinski definition) is 1. The predicted molar refractivity (Wildman–Crippen MR) is 133 cm³/mol. The first kappa shape index (κ1) is 25.2. The number of aryl methyl sites for hydroxylation is 2. The average molecular weight is 480 g/mol. The standard InChI is InChI=1S/C29H37NO5/c1-28(2,20-30-26(32)13-12-25-11-6-16-34-25)23-10-5-7-21(17-23)14-15-29(22-8-3-4-9-22)19-24(31)18-27(33)35-29/h5-7,10-11,16-17,22H,3-4,8-9,12-15,18-20H2,1-2H3,(H,30,32). The zero-order valence-corrected chi connectivity index (χ0v) is 20.9. The Morgan fingerprint density at radius 2 is 1.91 bits per heavy atom. The van der Waals surface area contributed by atoms with Crippen LogP contribution in [0.5, 0.6) is 0 Å². The van der Waals surface area contributed by atoms with Gasteiger partial charge in [-0.05, 0) is 54.9 Å². The fraction of sp³-hybridized carbons (Fsp3) is 0.552. The Balaban J connectivity index is 1.37. The molecule has 1 aromatic carbocycles. The zero-order valence-electron chi connectivity index (χ0n) is 20.9. The summed E-state index contributed by atoms with van der Waals surface area (Å²) < 4.78 is 11.3. The summed E-state index contributed by atoms with van der Waals surface area (Å²) in [5.41, 5.74) is 1.41. The number of furan rings is 1. The molecule has 0 radical (unpaired) electrons. The van der Waals surface area contributed by atoms with Crippen molar-refractivity contribution in [1.82, 2.24) is 5.32 Å². The highest BCUT2D eigenvalue weighted by atomic mass is 16.6. The number of carbonyl (C=O) groups excluding carboxylic acids is 3. The highest BCUT2D eigenvalue weighted by molar-refractivity contribution is 5.98. The van der Waals surface area contributed by atoms with Crippen molar-refractivity contribution in [3.63, 3.8) is 0 Å². The van der Waals surface area contributed by atoms with Crippen molar-refractivity contribution in [2.24, 2.45) is 5.92 Å². The van der Waals surface area contributed by atoms with Crippen molar-refractivity contribution >= 4 is 17.7 Å². The van der Waals surface area contributed by atoms with Crippen LogP contribution >= 0.6 is 0 Å². The Hall–Kier alpha value is -2.89. The molecule has 1 saturated carbocycles. The Bertz CT molecular complexity index is 1020. The van der Waals surface area contributed by atoms with Crippen LogP contribution in [0.25, 0.3) is 0 Å². The van der Waals surface area contributed by atoms with Gasteiger partial charge in [-0.1, -0.05) is 51.0 Å². The van der Waals surface area contributed by atoms with E-state index >= 15 is 0 Å². The zero-order chi connectivity index (χ0) is 24.9. The van der Waals surface area contributed by atoms with Crippen molar-refractivity contribution in [3.8, 4) is 0 Å². The molecule has 2 fully saturated rings. The monoisotopic (exact) mass is 479 g/mol. The van der Waals surface area contributed by atoms with E-state index in [1.54, 1.807) is 6.26 Å². The van der Waals surface area contributed by atoms with Gasteiger partial charge in [0.25, 0.3) is 0 Å². The molecule has 35 heavy (non-hydrogen) atoms. The minimum Gasteiger partial charge on any atom is -0.469 e. The van der Waals surface area contributed by atoms with E-state index in [1.807, 2.05) is 18.2 Å². The molecule has 0 spiro atoms. The number of amides is 1. The van der Waals surface area contributed by atoms with E-state index in [1.165, 1.54) is 0 Å². The Morgan fingerprint density at radius 3 is 2.63 bits per heavy atom. The van der Waals surface area contributed by atoms with Crippen molar-refractivity contribution in [2.75, 3.05) is 6.54 Å². The molecule has 2 aromatic rings. The summed E-state index contributed by atoms with van der Waals surface area (Å²) >= 11 is 0. The molecular formula is C29H37NO5. The van der Waals surface area contributed by atoms with Gasteiger partial charge in [0.15, 0.2) is 0 Å². The van der Waals surface area contributed by atoms with E-state index in [0.717, 1.165) is 49.0 Å². The normalized spacial score (nSPS) is 21.2. The summed E-state index contributed by atoms with van der Waals surface area (Å²) in [5, 5.41) is 3.06. The third kappa shape index (κ3) is 6.41. The van der Waals surface area contributed by atoms with Gasteiger partial charge < -0.3 is 14.5 Å². The summed E-state index contributed by atoms with van der Waals surface area (Å²) in [6.45, 7) is 4.78. The number of carbonyl (C=O) groups is 3. The van der Waals surface area contributed by atoms with E-state index in [9.17, 15) is 14.4 Å². The number of rotatable bonds is 10.